The second kappa shape index (κ2) is 4.92. The Morgan fingerprint density at radius 1 is 1.40 bits per heavy atom. The van der Waals surface area contributed by atoms with E-state index in [4.69, 9.17) is 0 Å². The second-order valence-corrected chi connectivity index (χ2v) is 4.73. The Morgan fingerprint density at radius 2 is 2.13 bits per heavy atom. The maximum Gasteiger partial charge on any atom is 0.150 e. The number of aryl methyl sites for hydroxylation is 1. The summed E-state index contributed by atoms with van der Waals surface area (Å²) in [6.45, 7) is 3.05. The highest BCUT2D eigenvalue weighted by molar-refractivity contribution is 9.09. The lowest BCUT2D eigenvalue weighted by Crippen LogP contribution is -2.42. The summed E-state index contributed by atoms with van der Waals surface area (Å²) in [5.74, 6) is 1.06. The molecule has 0 bridgehead atoms. The fraction of sp³-hybridized carbons (Fsp3) is 0.636. The van der Waals surface area contributed by atoms with E-state index in [2.05, 4.69) is 30.8 Å². The fourth-order valence-electron chi connectivity index (χ4n) is 1.93. The van der Waals surface area contributed by atoms with Crippen LogP contribution in [0.4, 0.5) is 5.82 Å². The number of aromatic nitrogens is 2. The smallest absolute Gasteiger partial charge is 0.150 e. The van der Waals surface area contributed by atoms with Crippen LogP contribution in [0.25, 0.3) is 0 Å². The molecule has 4 heteroatoms. The number of halogens is 1. The van der Waals surface area contributed by atoms with Crippen molar-refractivity contribution in [3.8, 4) is 0 Å². The van der Waals surface area contributed by atoms with Crippen molar-refractivity contribution in [1.82, 2.24) is 9.97 Å². The van der Waals surface area contributed by atoms with E-state index in [0.717, 1.165) is 23.4 Å². The van der Waals surface area contributed by atoms with Gasteiger partial charge in [-0.3, -0.25) is 4.98 Å². The standard InChI is InChI=1S/C11H16BrN3/c1-9-11(14-7-6-13-9)15(8-5-12)10-3-2-4-10/h6-7,10H,2-5,8H2,1H3. The van der Waals surface area contributed by atoms with E-state index in [1.807, 2.05) is 6.92 Å². The minimum atomic E-state index is 0.679. The molecular formula is C11H16BrN3. The van der Waals surface area contributed by atoms with Crippen molar-refractivity contribution in [2.24, 2.45) is 0 Å². The molecule has 0 amide bonds. The maximum absolute atomic E-state index is 4.44. The largest absolute Gasteiger partial charge is 0.351 e. The van der Waals surface area contributed by atoms with E-state index in [0.29, 0.717) is 6.04 Å². The molecule has 0 N–H and O–H groups in total. The predicted molar refractivity (Wildman–Crippen MR) is 65.5 cm³/mol. The van der Waals surface area contributed by atoms with Crippen molar-refractivity contribution < 1.29 is 0 Å². The Bertz CT molecular complexity index is 325. The Hall–Kier alpha value is -0.640. The highest BCUT2D eigenvalue weighted by atomic mass is 79.9. The average Bonchev–Trinajstić information content (AvgIpc) is 2.15. The Morgan fingerprint density at radius 3 is 2.67 bits per heavy atom. The molecule has 2 rings (SSSR count). The normalized spacial score (nSPS) is 16.1. The van der Waals surface area contributed by atoms with Gasteiger partial charge in [-0.25, -0.2) is 4.98 Å². The number of anilines is 1. The van der Waals surface area contributed by atoms with E-state index in [9.17, 15) is 0 Å². The van der Waals surface area contributed by atoms with E-state index in [1.54, 1.807) is 12.4 Å². The van der Waals surface area contributed by atoms with Crippen LogP contribution in [0, 0.1) is 6.92 Å². The average molecular weight is 270 g/mol. The van der Waals surface area contributed by atoms with Crippen molar-refractivity contribution in [2.75, 3.05) is 16.8 Å². The van der Waals surface area contributed by atoms with Crippen molar-refractivity contribution >= 4 is 21.7 Å². The minimum Gasteiger partial charge on any atom is -0.351 e. The molecule has 82 valence electrons. The van der Waals surface area contributed by atoms with Gasteiger partial charge in [0.25, 0.3) is 0 Å². The van der Waals surface area contributed by atoms with Gasteiger partial charge < -0.3 is 4.90 Å². The highest BCUT2D eigenvalue weighted by Gasteiger charge is 2.26. The van der Waals surface area contributed by atoms with Crippen LogP contribution in [0.3, 0.4) is 0 Å². The summed E-state index contributed by atoms with van der Waals surface area (Å²) in [7, 11) is 0. The first-order valence-corrected chi connectivity index (χ1v) is 6.55. The topological polar surface area (TPSA) is 29.0 Å². The van der Waals surface area contributed by atoms with E-state index >= 15 is 0 Å². The first kappa shape index (κ1) is 10.9. The van der Waals surface area contributed by atoms with Crippen LogP contribution >= 0.6 is 15.9 Å². The number of rotatable bonds is 4. The van der Waals surface area contributed by atoms with E-state index in [-0.39, 0.29) is 0 Å². The molecule has 0 unspecified atom stereocenters. The zero-order valence-electron chi connectivity index (χ0n) is 8.99. The molecule has 1 aliphatic carbocycles. The lowest BCUT2D eigenvalue weighted by atomic mass is 9.91. The van der Waals surface area contributed by atoms with Gasteiger partial charge in [0, 0.05) is 30.3 Å². The van der Waals surface area contributed by atoms with Crippen molar-refractivity contribution in [3.05, 3.63) is 18.1 Å². The van der Waals surface area contributed by atoms with E-state index in [1.165, 1.54) is 19.3 Å². The van der Waals surface area contributed by atoms with Crippen LogP contribution in [-0.4, -0.2) is 27.9 Å². The SMILES string of the molecule is Cc1nccnc1N(CCBr)C1CCC1. The van der Waals surface area contributed by atoms with Gasteiger partial charge in [0.2, 0.25) is 0 Å². The zero-order chi connectivity index (χ0) is 10.7. The van der Waals surface area contributed by atoms with Crippen LogP contribution in [0.15, 0.2) is 12.4 Å². The maximum atomic E-state index is 4.44. The Balaban J connectivity index is 2.19. The van der Waals surface area contributed by atoms with Gasteiger partial charge in [-0.2, -0.15) is 0 Å². The van der Waals surface area contributed by atoms with Gasteiger partial charge in [-0.15, -0.1) is 0 Å². The quantitative estimate of drug-likeness (QED) is 0.787. The third-order valence-electron chi connectivity index (χ3n) is 2.97. The molecule has 1 aliphatic rings. The van der Waals surface area contributed by atoms with Gasteiger partial charge in [0.15, 0.2) is 0 Å². The van der Waals surface area contributed by atoms with Crippen LogP contribution in [-0.2, 0) is 0 Å². The van der Waals surface area contributed by atoms with Crippen LogP contribution in [0.2, 0.25) is 0 Å². The molecule has 0 radical (unpaired) electrons. The second-order valence-electron chi connectivity index (χ2n) is 3.93. The molecule has 3 nitrogen and oxygen atoms in total. The van der Waals surface area contributed by atoms with Crippen molar-refractivity contribution in [3.63, 3.8) is 0 Å². The fourth-order valence-corrected chi connectivity index (χ4v) is 2.32. The first-order valence-electron chi connectivity index (χ1n) is 5.43. The van der Waals surface area contributed by atoms with Gasteiger partial charge in [-0.05, 0) is 26.2 Å². The van der Waals surface area contributed by atoms with Gasteiger partial charge in [0.05, 0.1) is 5.69 Å². The van der Waals surface area contributed by atoms with Crippen molar-refractivity contribution in [2.45, 2.75) is 32.2 Å². The third-order valence-corrected chi connectivity index (χ3v) is 3.32. The van der Waals surface area contributed by atoms with Gasteiger partial charge in [0.1, 0.15) is 5.82 Å². The third kappa shape index (κ3) is 2.30. The van der Waals surface area contributed by atoms with Crippen LogP contribution in [0.1, 0.15) is 25.0 Å². The monoisotopic (exact) mass is 269 g/mol. The summed E-state index contributed by atoms with van der Waals surface area (Å²) >= 11 is 3.50. The minimum absolute atomic E-state index is 0.679. The lowest BCUT2D eigenvalue weighted by Gasteiger charge is -2.38. The summed E-state index contributed by atoms with van der Waals surface area (Å²) in [6.07, 6.45) is 7.48. The molecule has 0 aromatic carbocycles. The molecule has 1 saturated carbocycles. The van der Waals surface area contributed by atoms with Crippen LogP contribution in [0.5, 0.6) is 0 Å². The predicted octanol–water partition coefficient (Wildman–Crippen LogP) is 2.54. The van der Waals surface area contributed by atoms with Crippen LogP contribution < -0.4 is 4.90 Å². The highest BCUT2D eigenvalue weighted by Crippen LogP contribution is 2.29. The summed E-state index contributed by atoms with van der Waals surface area (Å²) in [6, 6.07) is 0.679. The molecule has 1 fully saturated rings. The molecule has 0 atom stereocenters. The molecule has 1 aromatic rings. The first-order chi connectivity index (χ1) is 7.33. The van der Waals surface area contributed by atoms with E-state index < -0.39 is 0 Å². The Labute approximate surface area is 99.0 Å². The zero-order valence-corrected chi connectivity index (χ0v) is 10.6. The number of alkyl halides is 1. The Kier molecular flexibility index (Phi) is 3.57. The lowest BCUT2D eigenvalue weighted by molar-refractivity contribution is 0.388. The summed E-state index contributed by atoms with van der Waals surface area (Å²) in [4.78, 5) is 11.1. The summed E-state index contributed by atoms with van der Waals surface area (Å²) in [5.41, 5.74) is 1.03. The molecular weight excluding hydrogens is 254 g/mol. The summed E-state index contributed by atoms with van der Waals surface area (Å²) in [5, 5.41) is 0.986. The molecule has 0 spiro atoms. The molecule has 1 heterocycles. The van der Waals surface area contributed by atoms with Gasteiger partial charge in [-0.1, -0.05) is 15.9 Å². The summed E-state index contributed by atoms with van der Waals surface area (Å²) < 4.78 is 0. The number of hydrogen-bond donors (Lipinski definition) is 0. The molecule has 0 saturated heterocycles. The van der Waals surface area contributed by atoms with Gasteiger partial charge >= 0.3 is 0 Å². The van der Waals surface area contributed by atoms with Crippen molar-refractivity contribution in [1.29, 1.82) is 0 Å². The number of hydrogen-bond acceptors (Lipinski definition) is 3. The number of nitrogens with zero attached hydrogens (tertiary/aromatic N) is 3. The molecule has 15 heavy (non-hydrogen) atoms. The molecule has 0 aliphatic heterocycles. The molecule has 1 aromatic heterocycles.